The molecule has 0 aliphatic carbocycles. The first-order valence-corrected chi connectivity index (χ1v) is 4.74. The van der Waals surface area contributed by atoms with Gasteiger partial charge in [-0.1, -0.05) is 6.92 Å². The summed E-state index contributed by atoms with van der Waals surface area (Å²) < 4.78 is 0. The second-order valence-electron chi connectivity index (χ2n) is 3.85. The lowest BCUT2D eigenvalue weighted by molar-refractivity contribution is 0.362. The Morgan fingerprint density at radius 2 is 2.00 bits per heavy atom. The molecule has 66 valence electrons. The highest BCUT2D eigenvalue weighted by Crippen LogP contribution is 2.10. The minimum Gasteiger partial charge on any atom is -0.315 e. The van der Waals surface area contributed by atoms with E-state index in [4.69, 9.17) is 11.6 Å². The second-order valence-corrected chi connectivity index (χ2v) is 4.54. The van der Waals surface area contributed by atoms with E-state index >= 15 is 0 Å². The molecular formula is C8H19BClN. The van der Waals surface area contributed by atoms with Gasteiger partial charge in [0, 0.05) is 10.9 Å². The highest BCUT2D eigenvalue weighted by Gasteiger charge is 2.19. The lowest BCUT2D eigenvalue weighted by atomic mass is 9.89. The lowest BCUT2D eigenvalue weighted by Crippen LogP contribution is -2.49. The number of nitrogens with one attached hydrogen (secondary N) is 1. The van der Waals surface area contributed by atoms with Crippen molar-refractivity contribution in [1.29, 1.82) is 0 Å². The van der Waals surface area contributed by atoms with Gasteiger partial charge in [-0.05, 0) is 33.1 Å². The molecule has 0 aliphatic rings. The molecule has 0 aromatic heterocycles. The van der Waals surface area contributed by atoms with E-state index in [-0.39, 0.29) is 10.9 Å². The van der Waals surface area contributed by atoms with Gasteiger partial charge in [-0.2, -0.15) is 0 Å². The second kappa shape index (κ2) is 4.37. The number of hydrogen-bond acceptors (Lipinski definition) is 1. The highest BCUT2D eigenvalue weighted by atomic mass is 35.5. The maximum absolute atomic E-state index is 5.93. The van der Waals surface area contributed by atoms with E-state index in [1.807, 2.05) is 6.92 Å². The fourth-order valence-corrected chi connectivity index (χ4v) is 0.896. The van der Waals surface area contributed by atoms with Crippen LogP contribution in [0.3, 0.4) is 0 Å². The van der Waals surface area contributed by atoms with Crippen LogP contribution in [0.25, 0.3) is 0 Å². The van der Waals surface area contributed by atoms with Gasteiger partial charge in [-0.3, -0.25) is 0 Å². The van der Waals surface area contributed by atoms with Crippen LogP contribution in [0, 0.1) is 0 Å². The first-order chi connectivity index (χ1) is 4.89. The zero-order valence-corrected chi connectivity index (χ0v) is 9.00. The van der Waals surface area contributed by atoms with E-state index in [0.717, 1.165) is 6.42 Å². The van der Waals surface area contributed by atoms with Crippen LogP contribution < -0.4 is 5.32 Å². The van der Waals surface area contributed by atoms with Crippen LogP contribution in [0.4, 0.5) is 0 Å². The molecule has 0 saturated heterocycles. The van der Waals surface area contributed by atoms with Gasteiger partial charge in [-0.15, -0.1) is 11.6 Å². The van der Waals surface area contributed by atoms with Crippen LogP contribution in [-0.2, 0) is 0 Å². The molecule has 0 aromatic rings. The summed E-state index contributed by atoms with van der Waals surface area (Å²) in [7, 11) is 2.12. The molecule has 0 heterocycles. The van der Waals surface area contributed by atoms with Crippen molar-refractivity contribution in [3.8, 4) is 0 Å². The maximum atomic E-state index is 5.93. The zero-order chi connectivity index (χ0) is 9.07. The van der Waals surface area contributed by atoms with Crippen molar-refractivity contribution in [1.82, 2.24) is 5.32 Å². The third kappa shape index (κ3) is 4.70. The smallest absolute Gasteiger partial charge is 0.125 e. The molecule has 0 aromatic carbocycles. The average Bonchev–Trinajstić information content (AvgIpc) is 1.87. The Morgan fingerprint density at radius 1 is 1.55 bits per heavy atom. The lowest BCUT2D eigenvalue weighted by Gasteiger charge is -2.30. The Bertz CT molecular complexity index is 115. The minimum atomic E-state index is 0.195. The molecule has 0 aliphatic heterocycles. The molecule has 1 nitrogen and oxygen atoms in total. The SMILES string of the molecule is BC(NC(C)(C)CC)C(C)Cl. The van der Waals surface area contributed by atoms with Crippen molar-refractivity contribution in [2.45, 2.75) is 51.0 Å². The molecule has 0 saturated carbocycles. The molecular weight excluding hydrogens is 156 g/mol. The summed E-state index contributed by atoms with van der Waals surface area (Å²) in [6, 6.07) is 0. The Hall–Kier alpha value is 0.315. The summed E-state index contributed by atoms with van der Waals surface area (Å²) in [5.41, 5.74) is 0.211. The predicted octanol–water partition coefficient (Wildman–Crippen LogP) is 1.35. The van der Waals surface area contributed by atoms with Crippen molar-refractivity contribution >= 4 is 19.4 Å². The van der Waals surface area contributed by atoms with Gasteiger partial charge in [0.2, 0.25) is 0 Å². The number of halogens is 1. The van der Waals surface area contributed by atoms with Gasteiger partial charge in [0.25, 0.3) is 0 Å². The van der Waals surface area contributed by atoms with E-state index in [2.05, 4.69) is 33.9 Å². The van der Waals surface area contributed by atoms with Gasteiger partial charge in [0.15, 0.2) is 0 Å². The zero-order valence-electron chi connectivity index (χ0n) is 8.24. The Balaban J connectivity index is 3.83. The average molecular weight is 176 g/mol. The van der Waals surface area contributed by atoms with Gasteiger partial charge in [0.1, 0.15) is 7.85 Å². The summed E-state index contributed by atoms with van der Waals surface area (Å²) in [4.78, 5) is 0. The highest BCUT2D eigenvalue weighted by molar-refractivity contribution is 6.26. The van der Waals surface area contributed by atoms with E-state index in [0.29, 0.717) is 5.94 Å². The van der Waals surface area contributed by atoms with Gasteiger partial charge in [-0.25, -0.2) is 0 Å². The molecule has 2 unspecified atom stereocenters. The summed E-state index contributed by atoms with van der Waals surface area (Å²) in [5.74, 6) is 0.381. The Morgan fingerprint density at radius 3 is 2.27 bits per heavy atom. The number of alkyl halides is 1. The largest absolute Gasteiger partial charge is 0.315 e. The van der Waals surface area contributed by atoms with E-state index in [9.17, 15) is 0 Å². The predicted molar refractivity (Wildman–Crippen MR) is 55.2 cm³/mol. The van der Waals surface area contributed by atoms with Crippen molar-refractivity contribution in [3.05, 3.63) is 0 Å². The maximum Gasteiger partial charge on any atom is 0.125 e. The molecule has 3 heteroatoms. The molecule has 0 fully saturated rings. The summed E-state index contributed by atoms with van der Waals surface area (Å²) in [6.45, 7) is 8.59. The molecule has 0 spiro atoms. The van der Waals surface area contributed by atoms with Crippen molar-refractivity contribution in [2.75, 3.05) is 0 Å². The summed E-state index contributed by atoms with van der Waals surface area (Å²) in [6.07, 6.45) is 1.13. The van der Waals surface area contributed by atoms with Crippen molar-refractivity contribution in [2.24, 2.45) is 0 Å². The minimum absolute atomic E-state index is 0.195. The van der Waals surface area contributed by atoms with Crippen LogP contribution in [0.5, 0.6) is 0 Å². The third-order valence-corrected chi connectivity index (χ3v) is 2.57. The van der Waals surface area contributed by atoms with Crippen LogP contribution in [0.2, 0.25) is 0 Å². The van der Waals surface area contributed by atoms with E-state index < -0.39 is 0 Å². The fraction of sp³-hybridized carbons (Fsp3) is 1.00. The van der Waals surface area contributed by atoms with Gasteiger partial charge < -0.3 is 5.32 Å². The molecule has 0 bridgehead atoms. The number of rotatable bonds is 4. The Labute approximate surface area is 76.3 Å². The molecule has 0 rings (SSSR count). The van der Waals surface area contributed by atoms with Crippen LogP contribution in [-0.4, -0.2) is 24.7 Å². The standard InChI is InChI=1S/C8H19BClN/c1-5-8(3,4)11-7(9)6(2)10/h6-7,11H,5,9H2,1-4H3. The van der Waals surface area contributed by atoms with Crippen LogP contribution in [0.1, 0.15) is 34.1 Å². The van der Waals surface area contributed by atoms with Crippen molar-refractivity contribution in [3.63, 3.8) is 0 Å². The van der Waals surface area contributed by atoms with Gasteiger partial charge in [0.05, 0.1) is 0 Å². The normalized spacial score (nSPS) is 17.9. The molecule has 1 N–H and O–H groups in total. The number of hydrogen-bond donors (Lipinski definition) is 1. The van der Waals surface area contributed by atoms with E-state index in [1.165, 1.54) is 0 Å². The van der Waals surface area contributed by atoms with Gasteiger partial charge >= 0.3 is 0 Å². The summed E-state index contributed by atoms with van der Waals surface area (Å²) >= 11 is 5.93. The summed E-state index contributed by atoms with van der Waals surface area (Å²) in [5, 5.41) is 3.67. The fourth-order valence-electron chi connectivity index (χ4n) is 0.833. The quantitative estimate of drug-likeness (QED) is 0.502. The molecule has 0 radical (unpaired) electrons. The first-order valence-electron chi connectivity index (χ1n) is 4.31. The van der Waals surface area contributed by atoms with Crippen molar-refractivity contribution < 1.29 is 0 Å². The topological polar surface area (TPSA) is 12.0 Å². The monoisotopic (exact) mass is 175 g/mol. The first kappa shape index (κ1) is 11.3. The Kier molecular flexibility index (Phi) is 4.49. The van der Waals surface area contributed by atoms with Crippen LogP contribution >= 0.6 is 11.6 Å². The third-order valence-electron chi connectivity index (χ3n) is 2.19. The van der Waals surface area contributed by atoms with Crippen LogP contribution in [0.15, 0.2) is 0 Å². The molecule has 0 amide bonds. The van der Waals surface area contributed by atoms with E-state index in [1.54, 1.807) is 0 Å². The molecule has 2 atom stereocenters. The molecule has 11 heavy (non-hydrogen) atoms.